The minimum absolute atomic E-state index is 0.215. The van der Waals surface area contributed by atoms with Crippen molar-refractivity contribution in [3.05, 3.63) is 0 Å². The summed E-state index contributed by atoms with van der Waals surface area (Å²) in [5.41, 5.74) is 5.61. The van der Waals surface area contributed by atoms with Crippen LogP contribution in [0.2, 0.25) is 0 Å². The highest BCUT2D eigenvalue weighted by Crippen LogP contribution is 2.20. The first-order chi connectivity index (χ1) is 10.8. The molecule has 0 aliphatic carbocycles. The summed E-state index contributed by atoms with van der Waals surface area (Å²) in [6, 6.07) is 0. The maximum absolute atomic E-state index is 12.0. The zero-order valence-electron chi connectivity index (χ0n) is 14.6. The lowest BCUT2D eigenvalue weighted by molar-refractivity contribution is 0.0187. The summed E-state index contributed by atoms with van der Waals surface area (Å²) in [4.78, 5) is 20.4. The molecule has 0 atom stereocenters. The van der Waals surface area contributed by atoms with Crippen molar-refractivity contribution in [2.75, 3.05) is 45.9 Å². The Morgan fingerprint density at radius 3 is 2.35 bits per heavy atom. The largest absolute Gasteiger partial charge is 0.444 e. The summed E-state index contributed by atoms with van der Waals surface area (Å²) in [5, 5.41) is 0. The number of aliphatic imine (C=N–C) groups is 1. The van der Waals surface area contributed by atoms with Crippen LogP contribution < -0.4 is 5.73 Å². The third-order valence-electron chi connectivity index (χ3n) is 4.11. The number of piperidine rings is 1. The van der Waals surface area contributed by atoms with Crippen LogP contribution in [0.1, 0.15) is 33.6 Å². The number of rotatable bonds is 2. The number of hydrogen-bond donors (Lipinski definition) is 1. The molecule has 2 fully saturated rings. The summed E-state index contributed by atoms with van der Waals surface area (Å²) in [6.45, 7) is 10.9. The molecule has 2 heterocycles. The minimum Gasteiger partial charge on any atom is -0.444 e. The molecule has 0 aromatic heterocycles. The summed E-state index contributed by atoms with van der Waals surface area (Å²) < 4.78 is 10.7. The third kappa shape index (κ3) is 5.89. The zero-order valence-corrected chi connectivity index (χ0v) is 14.6. The summed E-state index contributed by atoms with van der Waals surface area (Å²) in [5.74, 6) is 1.09. The topological polar surface area (TPSA) is 80.4 Å². The number of likely N-dealkylation sites (tertiary alicyclic amines) is 1. The molecule has 7 nitrogen and oxygen atoms in total. The average Bonchev–Trinajstić information content (AvgIpc) is 2.52. The van der Waals surface area contributed by atoms with Crippen molar-refractivity contribution in [3.63, 3.8) is 0 Å². The van der Waals surface area contributed by atoms with Crippen molar-refractivity contribution in [1.29, 1.82) is 0 Å². The fourth-order valence-electron chi connectivity index (χ4n) is 2.74. The number of morpholine rings is 1. The van der Waals surface area contributed by atoms with Gasteiger partial charge in [0.2, 0.25) is 0 Å². The van der Waals surface area contributed by atoms with Crippen LogP contribution in [0.25, 0.3) is 0 Å². The quantitative estimate of drug-likeness (QED) is 0.611. The highest BCUT2D eigenvalue weighted by molar-refractivity contribution is 5.78. The lowest BCUT2D eigenvalue weighted by Crippen LogP contribution is -2.45. The van der Waals surface area contributed by atoms with Gasteiger partial charge in [-0.25, -0.2) is 4.79 Å². The van der Waals surface area contributed by atoms with Crippen LogP contribution in [0.3, 0.4) is 0 Å². The lowest BCUT2D eigenvalue weighted by Gasteiger charge is -2.33. The number of nitrogens with two attached hydrogens (primary N) is 1. The van der Waals surface area contributed by atoms with Gasteiger partial charge in [-0.3, -0.25) is 4.99 Å². The smallest absolute Gasteiger partial charge is 0.410 e. The summed E-state index contributed by atoms with van der Waals surface area (Å²) in [7, 11) is 0. The van der Waals surface area contributed by atoms with Gasteiger partial charge in [0.15, 0.2) is 5.96 Å². The fraction of sp³-hybridized carbons (Fsp3) is 0.875. The van der Waals surface area contributed by atoms with E-state index in [1.807, 2.05) is 20.8 Å². The highest BCUT2D eigenvalue weighted by atomic mass is 16.6. The number of hydrogen-bond acceptors (Lipinski definition) is 4. The Morgan fingerprint density at radius 2 is 1.78 bits per heavy atom. The first-order valence-corrected chi connectivity index (χ1v) is 8.46. The number of amides is 1. The van der Waals surface area contributed by atoms with Crippen LogP contribution in [0, 0.1) is 5.92 Å². The molecule has 0 aromatic carbocycles. The highest BCUT2D eigenvalue weighted by Gasteiger charge is 2.26. The molecule has 0 saturated carbocycles. The maximum atomic E-state index is 12.0. The lowest BCUT2D eigenvalue weighted by atomic mass is 9.97. The van der Waals surface area contributed by atoms with Crippen molar-refractivity contribution in [3.8, 4) is 0 Å². The maximum Gasteiger partial charge on any atom is 0.410 e. The predicted octanol–water partition coefficient (Wildman–Crippen LogP) is 1.28. The molecule has 132 valence electrons. The van der Waals surface area contributed by atoms with Crippen LogP contribution in [0.15, 0.2) is 4.99 Å². The summed E-state index contributed by atoms with van der Waals surface area (Å²) >= 11 is 0. The molecule has 0 radical (unpaired) electrons. The second-order valence-corrected chi connectivity index (χ2v) is 7.21. The van der Waals surface area contributed by atoms with Crippen LogP contribution in [0.5, 0.6) is 0 Å². The van der Waals surface area contributed by atoms with Gasteiger partial charge in [0.05, 0.1) is 13.2 Å². The Kier molecular flexibility index (Phi) is 6.10. The third-order valence-corrected chi connectivity index (χ3v) is 4.11. The number of guanidine groups is 1. The van der Waals surface area contributed by atoms with E-state index in [-0.39, 0.29) is 6.09 Å². The molecular weight excluding hydrogens is 296 g/mol. The van der Waals surface area contributed by atoms with Crippen molar-refractivity contribution >= 4 is 12.1 Å². The van der Waals surface area contributed by atoms with E-state index < -0.39 is 5.60 Å². The minimum atomic E-state index is -0.440. The van der Waals surface area contributed by atoms with Gasteiger partial charge in [-0.15, -0.1) is 0 Å². The zero-order chi connectivity index (χ0) is 16.9. The molecule has 23 heavy (non-hydrogen) atoms. The fourth-order valence-corrected chi connectivity index (χ4v) is 2.74. The van der Waals surface area contributed by atoms with Gasteiger partial charge < -0.3 is 25.0 Å². The van der Waals surface area contributed by atoms with Gasteiger partial charge in [-0.1, -0.05) is 0 Å². The molecular formula is C16H30N4O3. The molecule has 0 unspecified atom stereocenters. The molecule has 0 spiro atoms. The Bertz CT molecular complexity index is 420. The van der Waals surface area contributed by atoms with Crippen molar-refractivity contribution in [1.82, 2.24) is 9.80 Å². The molecule has 2 aliphatic rings. The Hall–Kier alpha value is -1.50. The van der Waals surface area contributed by atoms with E-state index in [1.54, 1.807) is 4.90 Å². The Balaban J connectivity index is 1.73. The summed E-state index contributed by atoms with van der Waals surface area (Å²) in [6.07, 6.45) is 1.67. The molecule has 1 amide bonds. The van der Waals surface area contributed by atoms with Gasteiger partial charge in [-0.2, -0.15) is 0 Å². The van der Waals surface area contributed by atoms with E-state index in [0.29, 0.717) is 25.1 Å². The molecule has 0 aromatic rings. The predicted molar refractivity (Wildman–Crippen MR) is 89.4 cm³/mol. The van der Waals surface area contributed by atoms with Crippen LogP contribution in [-0.4, -0.2) is 73.4 Å². The monoisotopic (exact) mass is 326 g/mol. The van der Waals surface area contributed by atoms with Gasteiger partial charge in [0.1, 0.15) is 5.60 Å². The SMILES string of the molecule is CC(C)(C)OC(=O)N1CCC(CN=C(N)N2CCOCC2)CC1. The molecule has 7 heteroatoms. The second kappa shape index (κ2) is 7.86. The molecule has 0 bridgehead atoms. The van der Waals surface area contributed by atoms with E-state index in [4.69, 9.17) is 15.2 Å². The number of ether oxygens (including phenoxy) is 2. The number of carbonyl (C=O) groups is 1. The normalized spacial score (nSPS) is 21.4. The standard InChI is InChI=1S/C16H30N4O3/c1-16(2,3)23-15(21)20-6-4-13(5-7-20)12-18-14(17)19-8-10-22-11-9-19/h13H,4-12H2,1-3H3,(H2,17,18). The van der Waals surface area contributed by atoms with Gasteiger partial charge in [-0.05, 0) is 39.5 Å². The van der Waals surface area contributed by atoms with Crippen LogP contribution >= 0.6 is 0 Å². The first-order valence-electron chi connectivity index (χ1n) is 8.46. The van der Waals surface area contributed by atoms with Crippen molar-refractivity contribution in [2.45, 2.75) is 39.2 Å². The van der Waals surface area contributed by atoms with Gasteiger partial charge >= 0.3 is 6.09 Å². The van der Waals surface area contributed by atoms with E-state index >= 15 is 0 Å². The first kappa shape index (κ1) is 17.8. The second-order valence-electron chi connectivity index (χ2n) is 7.21. The van der Waals surface area contributed by atoms with Crippen molar-refractivity contribution in [2.24, 2.45) is 16.6 Å². The molecule has 2 rings (SSSR count). The Morgan fingerprint density at radius 1 is 1.17 bits per heavy atom. The van der Waals surface area contributed by atoms with E-state index in [9.17, 15) is 4.79 Å². The van der Waals surface area contributed by atoms with E-state index in [2.05, 4.69) is 9.89 Å². The van der Waals surface area contributed by atoms with Crippen LogP contribution in [0.4, 0.5) is 4.79 Å². The van der Waals surface area contributed by atoms with Gasteiger partial charge in [0, 0.05) is 32.7 Å². The Labute approximate surface area is 138 Å². The van der Waals surface area contributed by atoms with E-state index in [0.717, 1.165) is 45.6 Å². The van der Waals surface area contributed by atoms with Gasteiger partial charge in [0.25, 0.3) is 0 Å². The molecule has 2 aliphatic heterocycles. The average molecular weight is 326 g/mol. The molecule has 2 saturated heterocycles. The number of nitrogens with zero attached hydrogens (tertiary/aromatic N) is 3. The van der Waals surface area contributed by atoms with Crippen molar-refractivity contribution < 1.29 is 14.3 Å². The molecule has 2 N–H and O–H groups in total. The van der Waals surface area contributed by atoms with Crippen LogP contribution in [-0.2, 0) is 9.47 Å². The number of carbonyl (C=O) groups excluding carboxylic acids is 1. The van der Waals surface area contributed by atoms with E-state index in [1.165, 1.54) is 0 Å².